The smallest absolute Gasteiger partial charge is 0.128 e. The molecule has 0 bridgehead atoms. The van der Waals surface area contributed by atoms with E-state index < -0.39 is 6.10 Å². The summed E-state index contributed by atoms with van der Waals surface area (Å²) in [4.78, 5) is 9.67. The molecule has 1 N–H and O–H groups in total. The normalized spacial score (nSPS) is 17.5. The third kappa shape index (κ3) is 5.32. The van der Waals surface area contributed by atoms with Gasteiger partial charge in [0.15, 0.2) is 0 Å². The second-order valence-corrected chi connectivity index (χ2v) is 11.1. The Labute approximate surface area is 229 Å². The molecule has 0 saturated carbocycles. The monoisotopic (exact) mass is 525 g/mol. The van der Waals surface area contributed by atoms with Gasteiger partial charge in [-0.05, 0) is 65.6 Å². The number of hydrogen-bond donors (Lipinski definition) is 1. The molecule has 5 nitrogen and oxygen atoms in total. The van der Waals surface area contributed by atoms with E-state index in [2.05, 4.69) is 69.4 Å². The van der Waals surface area contributed by atoms with Crippen LogP contribution < -0.4 is 4.74 Å². The molecular weight excluding hydrogens is 490 g/mol. The molecule has 2 aliphatic rings. The fourth-order valence-corrected chi connectivity index (χ4v) is 6.37. The molecule has 6 heteroatoms. The van der Waals surface area contributed by atoms with Crippen LogP contribution in [-0.4, -0.2) is 71.6 Å². The first-order chi connectivity index (χ1) is 18.7. The summed E-state index contributed by atoms with van der Waals surface area (Å²) in [7, 11) is 0. The van der Waals surface area contributed by atoms with E-state index in [9.17, 15) is 5.11 Å². The van der Waals surface area contributed by atoms with Crippen molar-refractivity contribution < 1.29 is 9.84 Å². The maximum Gasteiger partial charge on any atom is 0.128 e. The lowest BCUT2D eigenvalue weighted by Gasteiger charge is -2.40. The van der Waals surface area contributed by atoms with Crippen molar-refractivity contribution in [3.05, 3.63) is 101 Å². The first-order valence-electron chi connectivity index (χ1n) is 13.6. The number of piperazine rings is 1. The number of thioether (sulfide) groups is 1. The van der Waals surface area contributed by atoms with Crippen LogP contribution in [0.15, 0.2) is 83.9 Å². The van der Waals surface area contributed by atoms with Gasteiger partial charge in [0.05, 0.1) is 16.6 Å². The molecule has 6 rings (SSSR count). The Bertz CT molecular complexity index is 1360. The number of rotatable bonds is 7. The van der Waals surface area contributed by atoms with Crippen LogP contribution in [0.4, 0.5) is 0 Å². The fraction of sp³-hybridized carbons (Fsp3) is 0.344. The molecule has 4 aromatic rings. The van der Waals surface area contributed by atoms with E-state index in [4.69, 9.17) is 4.74 Å². The SMILES string of the molecule is CSc1ccc2c(OCC(O)CN3CCN(C4c5ccccc5CCc5ccccc54)CC3)cccc2n1. The maximum atomic E-state index is 10.8. The molecule has 3 aromatic carbocycles. The van der Waals surface area contributed by atoms with Gasteiger partial charge >= 0.3 is 0 Å². The van der Waals surface area contributed by atoms with Gasteiger partial charge in [0.1, 0.15) is 18.5 Å². The van der Waals surface area contributed by atoms with Crippen molar-refractivity contribution in [1.82, 2.24) is 14.8 Å². The molecule has 0 amide bonds. The minimum Gasteiger partial charge on any atom is -0.490 e. The van der Waals surface area contributed by atoms with Crippen LogP contribution in [-0.2, 0) is 12.8 Å². The maximum absolute atomic E-state index is 10.8. The highest BCUT2D eigenvalue weighted by Crippen LogP contribution is 2.37. The Morgan fingerprint density at radius 2 is 1.55 bits per heavy atom. The van der Waals surface area contributed by atoms with Gasteiger partial charge in [-0.1, -0.05) is 54.6 Å². The van der Waals surface area contributed by atoms with Crippen LogP contribution in [0.2, 0.25) is 0 Å². The van der Waals surface area contributed by atoms with E-state index in [1.54, 1.807) is 11.8 Å². The summed E-state index contributed by atoms with van der Waals surface area (Å²) < 4.78 is 6.07. The number of fused-ring (bicyclic) bond motifs is 3. The highest BCUT2D eigenvalue weighted by atomic mass is 32.2. The largest absolute Gasteiger partial charge is 0.490 e. The number of aryl methyl sites for hydroxylation is 2. The standard InChI is InChI=1S/C32H35N3O2S/c1-38-31-16-15-28-29(33-31)11-6-12-30(28)37-22-25(36)21-34-17-19-35(20-18-34)32-26-9-4-2-7-23(26)13-14-24-8-3-5-10-27(24)32/h2-12,15-16,25,32,36H,13-14,17-22H2,1H3. The third-order valence-electron chi connectivity index (χ3n) is 7.91. The Hall–Kier alpha value is -2.90. The molecule has 1 unspecified atom stereocenters. The lowest BCUT2D eigenvalue weighted by atomic mass is 9.92. The lowest BCUT2D eigenvalue weighted by molar-refractivity contribution is 0.0403. The zero-order valence-corrected chi connectivity index (χ0v) is 22.7. The first-order valence-corrected chi connectivity index (χ1v) is 14.8. The van der Waals surface area contributed by atoms with Crippen molar-refractivity contribution in [3.8, 4) is 5.75 Å². The second-order valence-electron chi connectivity index (χ2n) is 10.3. The number of aliphatic hydroxyl groups is 1. The van der Waals surface area contributed by atoms with Crippen molar-refractivity contribution in [2.75, 3.05) is 45.6 Å². The number of benzene rings is 3. The number of nitrogens with zero attached hydrogens (tertiary/aromatic N) is 3. The van der Waals surface area contributed by atoms with Gasteiger partial charge in [-0.25, -0.2) is 4.98 Å². The number of ether oxygens (including phenoxy) is 1. The van der Waals surface area contributed by atoms with Gasteiger partial charge < -0.3 is 9.84 Å². The Morgan fingerprint density at radius 3 is 2.24 bits per heavy atom. The summed E-state index contributed by atoms with van der Waals surface area (Å²) in [5.74, 6) is 0.775. The van der Waals surface area contributed by atoms with E-state index in [-0.39, 0.29) is 6.61 Å². The summed E-state index contributed by atoms with van der Waals surface area (Å²) in [6.07, 6.45) is 3.68. The number of aromatic nitrogens is 1. The van der Waals surface area contributed by atoms with Gasteiger partial charge in [-0.2, -0.15) is 0 Å². The summed E-state index contributed by atoms with van der Waals surface area (Å²) in [6, 6.07) is 28.2. The molecular formula is C32H35N3O2S. The summed E-state index contributed by atoms with van der Waals surface area (Å²) >= 11 is 1.63. The van der Waals surface area contributed by atoms with Crippen LogP contribution in [0, 0.1) is 0 Å². The van der Waals surface area contributed by atoms with Gasteiger partial charge in [0.25, 0.3) is 0 Å². The van der Waals surface area contributed by atoms with E-state index in [0.29, 0.717) is 12.6 Å². The average molecular weight is 526 g/mol. The zero-order chi connectivity index (χ0) is 25.9. The first kappa shape index (κ1) is 25.4. The van der Waals surface area contributed by atoms with Crippen LogP contribution in [0.25, 0.3) is 10.9 Å². The molecule has 1 saturated heterocycles. The van der Waals surface area contributed by atoms with Gasteiger partial charge in [0.2, 0.25) is 0 Å². The summed E-state index contributed by atoms with van der Waals surface area (Å²) in [5, 5.41) is 12.8. The van der Waals surface area contributed by atoms with Crippen LogP contribution in [0.5, 0.6) is 5.75 Å². The van der Waals surface area contributed by atoms with Gasteiger partial charge in [-0.15, -0.1) is 11.8 Å². The fourth-order valence-electron chi connectivity index (χ4n) is 5.98. The molecule has 1 aliphatic heterocycles. The Balaban J connectivity index is 1.09. The molecule has 1 atom stereocenters. The number of β-amino-alcohol motifs (C(OH)–C–C–N with tert-alkyl or cyclic N) is 1. The topological polar surface area (TPSA) is 48.8 Å². The summed E-state index contributed by atoms with van der Waals surface area (Å²) in [6.45, 7) is 4.72. The van der Waals surface area contributed by atoms with Crippen LogP contribution in [0.1, 0.15) is 28.3 Å². The van der Waals surface area contributed by atoms with Crippen molar-refractivity contribution in [2.45, 2.75) is 30.0 Å². The number of aliphatic hydroxyl groups excluding tert-OH is 1. The second kappa shape index (κ2) is 11.5. The molecule has 1 aliphatic carbocycles. The van der Waals surface area contributed by atoms with Gasteiger partial charge in [0, 0.05) is 38.1 Å². The highest BCUT2D eigenvalue weighted by molar-refractivity contribution is 7.98. The van der Waals surface area contributed by atoms with Crippen molar-refractivity contribution in [1.29, 1.82) is 0 Å². The Morgan fingerprint density at radius 1 is 0.868 bits per heavy atom. The predicted molar refractivity (Wildman–Crippen MR) is 155 cm³/mol. The van der Waals surface area contributed by atoms with E-state index in [0.717, 1.165) is 60.7 Å². The minimum absolute atomic E-state index is 0.271. The van der Waals surface area contributed by atoms with Gasteiger partial charge in [-0.3, -0.25) is 9.80 Å². The zero-order valence-electron chi connectivity index (χ0n) is 21.9. The molecule has 1 aromatic heterocycles. The van der Waals surface area contributed by atoms with E-state index in [1.165, 1.54) is 22.3 Å². The quantitative estimate of drug-likeness (QED) is 0.335. The molecule has 38 heavy (non-hydrogen) atoms. The summed E-state index contributed by atoms with van der Waals surface area (Å²) in [5.41, 5.74) is 6.76. The van der Waals surface area contributed by atoms with Crippen molar-refractivity contribution in [3.63, 3.8) is 0 Å². The minimum atomic E-state index is -0.547. The molecule has 0 radical (unpaired) electrons. The Kier molecular flexibility index (Phi) is 7.65. The predicted octanol–water partition coefficient (Wildman–Crippen LogP) is 5.20. The lowest BCUT2D eigenvalue weighted by Crippen LogP contribution is -2.50. The molecule has 196 valence electrons. The highest BCUT2D eigenvalue weighted by Gasteiger charge is 2.31. The van der Waals surface area contributed by atoms with Crippen LogP contribution >= 0.6 is 11.8 Å². The molecule has 1 fully saturated rings. The number of pyridine rings is 1. The number of hydrogen-bond acceptors (Lipinski definition) is 6. The van der Waals surface area contributed by atoms with Crippen molar-refractivity contribution in [2.24, 2.45) is 0 Å². The van der Waals surface area contributed by atoms with Crippen molar-refractivity contribution >= 4 is 22.7 Å². The molecule has 2 heterocycles. The molecule has 0 spiro atoms. The third-order valence-corrected chi connectivity index (χ3v) is 8.56. The average Bonchev–Trinajstić information content (AvgIpc) is 3.13. The van der Waals surface area contributed by atoms with E-state index in [1.807, 2.05) is 30.5 Å². The van der Waals surface area contributed by atoms with Crippen LogP contribution in [0.3, 0.4) is 0 Å². The van der Waals surface area contributed by atoms with E-state index >= 15 is 0 Å².